The van der Waals surface area contributed by atoms with Crippen molar-refractivity contribution in [3.8, 4) is 16.9 Å². The van der Waals surface area contributed by atoms with Crippen molar-refractivity contribution in [2.45, 2.75) is 0 Å². The smallest absolute Gasteiger partial charge is 0.271 e. The molecule has 7 nitrogen and oxygen atoms in total. The molecular weight excluding hydrogens is 303 g/mol. The Kier molecular flexibility index (Phi) is 3.63. The van der Waals surface area contributed by atoms with E-state index in [1.54, 1.807) is 12.1 Å². The SMILES string of the molecule is O=Cc1nnn(-c2cccc([N+](=O)[O-])c2)c1-c1ccccc1F. The van der Waals surface area contributed by atoms with Crippen LogP contribution in [0.15, 0.2) is 48.5 Å². The van der Waals surface area contributed by atoms with Crippen molar-refractivity contribution in [3.63, 3.8) is 0 Å². The lowest BCUT2D eigenvalue weighted by Gasteiger charge is -2.07. The van der Waals surface area contributed by atoms with Crippen LogP contribution in [-0.2, 0) is 0 Å². The molecule has 0 radical (unpaired) electrons. The Morgan fingerprint density at radius 3 is 2.65 bits per heavy atom. The molecular formula is C15H9FN4O3. The molecule has 0 bridgehead atoms. The minimum atomic E-state index is -0.552. The molecule has 1 heterocycles. The molecule has 3 aromatic rings. The lowest BCUT2D eigenvalue weighted by Crippen LogP contribution is -2.02. The number of hydrogen-bond acceptors (Lipinski definition) is 5. The molecule has 0 aliphatic carbocycles. The van der Waals surface area contributed by atoms with E-state index >= 15 is 0 Å². The van der Waals surface area contributed by atoms with Crippen molar-refractivity contribution >= 4 is 12.0 Å². The number of aldehydes is 1. The van der Waals surface area contributed by atoms with Crippen LogP contribution in [0, 0.1) is 15.9 Å². The van der Waals surface area contributed by atoms with Gasteiger partial charge in [-0.2, -0.15) is 0 Å². The minimum Gasteiger partial charge on any atom is -0.296 e. The molecule has 0 unspecified atom stereocenters. The second kappa shape index (κ2) is 5.76. The Balaban J connectivity index is 2.24. The van der Waals surface area contributed by atoms with Gasteiger partial charge in [0.2, 0.25) is 0 Å². The van der Waals surface area contributed by atoms with E-state index < -0.39 is 10.7 Å². The quantitative estimate of drug-likeness (QED) is 0.420. The first-order valence-corrected chi connectivity index (χ1v) is 6.52. The number of non-ortho nitro benzene ring substituents is 1. The number of halogens is 1. The predicted molar refractivity (Wildman–Crippen MR) is 78.8 cm³/mol. The van der Waals surface area contributed by atoms with E-state index in [-0.39, 0.29) is 22.6 Å². The topological polar surface area (TPSA) is 90.9 Å². The highest BCUT2D eigenvalue weighted by Crippen LogP contribution is 2.27. The lowest BCUT2D eigenvalue weighted by atomic mass is 10.1. The maximum Gasteiger partial charge on any atom is 0.271 e. The number of nitro groups is 1. The van der Waals surface area contributed by atoms with Crippen LogP contribution < -0.4 is 0 Å². The van der Waals surface area contributed by atoms with Gasteiger partial charge in [0.1, 0.15) is 11.5 Å². The average Bonchev–Trinajstić information content (AvgIpc) is 2.99. The Morgan fingerprint density at radius 1 is 1.17 bits per heavy atom. The van der Waals surface area contributed by atoms with Crippen molar-refractivity contribution in [1.82, 2.24) is 15.0 Å². The number of nitrogens with zero attached hydrogens (tertiary/aromatic N) is 4. The van der Waals surface area contributed by atoms with E-state index in [2.05, 4.69) is 10.3 Å². The number of aromatic nitrogens is 3. The van der Waals surface area contributed by atoms with Gasteiger partial charge in [-0.1, -0.05) is 23.4 Å². The van der Waals surface area contributed by atoms with E-state index in [0.29, 0.717) is 12.0 Å². The molecule has 0 aliphatic heterocycles. The second-order valence-electron chi connectivity index (χ2n) is 4.61. The summed E-state index contributed by atoms with van der Waals surface area (Å²) in [5, 5.41) is 18.4. The van der Waals surface area contributed by atoms with Crippen molar-refractivity contribution in [2.75, 3.05) is 0 Å². The molecule has 0 amide bonds. The van der Waals surface area contributed by atoms with Crippen molar-refractivity contribution < 1.29 is 14.1 Å². The molecule has 23 heavy (non-hydrogen) atoms. The molecule has 0 saturated heterocycles. The molecule has 2 aromatic carbocycles. The highest BCUT2D eigenvalue weighted by molar-refractivity contribution is 5.84. The predicted octanol–water partition coefficient (Wildman–Crippen LogP) is 2.79. The van der Waals surface area contributed by atoms with E-state index in [4.69, 9.17) is 0 Å². The van der Waals surface area contributed by atoms with Gasteiger partial charge in [0.25, 0.3) is 5.69 Å². The van der Waals surface area contributed by atoms with Gasteiger partial charge in [-0.15, -0.1) is 5.10 Å². The van der Waals surface area contributed by atoms with Gasteiger partial charge in [-0.25, -0.2) is 9.07 Å². The summed E-state index contributed by atoms with van der Waals surface area (Å²) < 4.78 is 15.3. The van der Waals surface area contributed by atoms with Gasteiger partial charge in [0.05, 0.1) is 10.6 Å². The maximum atomic E-state index is 14.1. The minimum absolute atomic E-state index is 0.0541. The van der Waals surface area contributed by atoms with Gasteiger partial charge in [-0.3, -0.25) is 14.9 Å². The first-order chi connectivity index (χ1) is 11.1. The summed E-state index contributed by atoms with van der Waals surface area (Å²) in [6.07, 6.45) is 0.461. The van der Waals surface area contributed by atoms with Crippen LogP contribution in [-0.4, -0.2) is 26.2 Å². The molecule has 0 atom stereocenters. The Hall–Kier alpha value is -3.42. The van der Waals surface area contributed by atoms with Gasteiger partial charge < -0.3 is 0 Å². The number of nitro benzene ring substituents is 1. The van der Waals surface area contributed by atoms with E-state index in [9.17, 15) is 19.3 Å². The number of carbonyl (C=O) groups is 1. The summed E-state index contributed by atoms with van der Waals surface area (Å²) in [6, 6.07) is 11.5. The number of rotatable bonds is 4. The van der Waals surface area contributed by atoms with Crippen LogP contribution in [0.3, 0.4) is 0 Å². The van der Waals surface area contributed by atoms with Crippen molar-refractivity contribution in [3.05, 3.63) is 70.2 Å². The highest BCUT2D eigenvalue weighted by Gasteiger charge is 2.19. The van der Waals surface area contributed by atoms with E-state index in [0.717, 1.165) is 0 Å². The molecule has 0 N–H and O–H groups in total. The second-order valence-corrected chi connectivity index (χ2v) is 4.61. The van der Waals surface area contributed by atoms with Gasteiger partial charge in [0.15, 0.2) is 12.0 Å². The van der Waals surface area contributed by atoms with Crippen LogP contribution in [0.4, 0.5) is 10.1 Å². The van der Waals surface area contributed by atoms with E-state index in [1.807, 2.05) is 0 Å². The molecule has 114 valence electrons. The fourth-order valence-corrected chi connectivity index (χ4v) is 2.20. The molecule has 0 saturated carbocycles. The van der Waals surface area contributed by atoms with E-state index in [1.165, 1.54) is 41.1 Å². The third kappa shape index (κ3) is 2.57. The maximum absolute atomic E-state index is 14.1. The Bertz CT molecular complexity index is 907. The molecule has 8 heteroatoms. The highest BCUT2D eigenvalue weighted by atomic mass is 19.1. The third-order valence-corrected chi connectivity index (χ3v) is 3.22. The largest absolute Gasteiger partial charge is 0.296 e. The number of carbonyl (C=O) groups excluding carboxylic acids is 1. The summed E-state index contributed by atoms with van der Waals surface area (Å²) in [5.41, 5.74) is 0.370. The molecule has 3 rings (SSSR count). The fourth-order valence-electron chi connectivity index (χ4n) is 2.20. The van der Waals surface area contributed by atoms with Crippen molar-refractivity contribution in [1.29, 1.82) is 0 Å². The number of hydrogen-bond donors (Lipinski definition) is 0. The fraction of sp³-hybridized carbons (Fsp3) is 0. The molecule has 0 spiro atoms. The summed E-state index contributed by atoms with van der Waals surface area (Å²) in [5.74, 6) is -0.551. The summed E-state index contributed by atoms with van der Waals surface area (Å²) in [7, 11) is 0. The first-order valence-electron chi connectivity index (χ1n) is 6.52. The summed E-state index contributed by atoms with van der Waals surface area (Å²) in [6.45, 7) is 0. The summed E-state index contributed by atoms with van der Waals surface area (Å²) in [4.78, 5) is 21.5. The molecule has 0 aliphatic rings. The molecule has 1 aromatic heterocycles. The average molecular weight is 312 g/mol. The van der Waals surface area contributed by atoms with Crippen LogP contribution in [0.2, 0.25) is 0 Å². The van der Waals surface area contributed by atoms with Gasteiger partial charge >= 0.3 is 0 Å². The zero-order chi connectivity index (χ0) is 16.4. The Labute approximate surface area is 129 Å². The monoisotopic (exact) mass is 312 g/mol. The number of benzene rings is 2. The van der Waals surface area contributed by atoms with Crippen LogP contribution in [0.25, 0.3) is 16.9 Å². The van der Waals surface area contributed by atoms with Gasteiger partial charge in [-0.05, 0) is 18.2 Å². The van der Waals surface area contributed by atoms with Gasteiger partial charge in [0, 0.05) is 17.7 Å². The Morgan fingerprint density at radius 2 is 1.96 bits per heavy atom. The summed E-state index contributed by atoms with van der Waals surface area (Å²) >= 11 is 0. The molecule has 0 fully saturated rings. The third-order valence-electron chi connectivity index (χ3n) is 3.22. The normalized spacial score (nSPS) is 10.5. The first kappa shape index (κ1) is 14.5. The zero-order valence-electron chi connectivity index (χ0n) is 11.6. The van der Waals surface area contributed by atoms with Crippen LogP contribution >= 0.6 is 0 Å². The standard InChI is InChI=1S/C15H9FN4O3/c16-13-7-2-1-6-12(13)15-14(9-21)17-18-19(15)10-4-3-5-11(8-10)20(22)23/h1-9H. The van der Waals surface area contributed by atoms with Crippen LogP contribution in [0.5, 0.6) is 0 Å². The lowest BCUT2D eigenvalue weighted by molar-refractivity contribution is -0.384. The van der Waals surface area contributed by atoms with Crippen molar-refractivity contribution in [2.24, 2.45) is 0 Å². The zero-order valence-corrected chi connectivity index (χ0v) is 11.6. The van der Waals surface area contributed by atoms with Crippen LogP contribution in [0.1, 0.15) is 10.5 Å².